The molecule has 0 spiro atoms. The number of aliphatic hydroxyl groups excluding tert-OH is 1. The molecule has 0 fully saturated rings. The average molecular weight is 267 g/mol. The van der Waals surface area contributed by atoms with Crippen molar-refractivity contribution in [2.75, 3.05) is 13.2 Å². The van der Waals surface area contributed by atoms with Crippen molar-refractivity contribution < 1.29 is 5.11 Å². The molecule has 1 aromatic carbocycles. The molecule has 0 aliphatic rings. The highest BCUT2D eigenvalue weighted by molar-refractivity contribution is 5.25. The summed E-state index contributed by atoms with van der Waals surface area (Å²) in [6.45, 7) is 2.17. The van der Waals surface area contributed by atoms with Crippen LogP contribution in [0.3, 0.4) is 0 Å². The van der Waals surface area contributed by atoms with Crippen molar-refractivity contribution in [3.05, 3.63) is 65.5 Å². The van der Waals surface area contributed by atoms with Crippen LogP contribution in [0, 0.1) is 11.3 Å². The molecule has 1 aromatic heterocycles. The van der Waals surface area contributed by atoms with Crippen LogP contribution in [0.2, 0.25) is 0 Å². The third-order valence-electron chi connectivity index (χ3n) is 3.01. The standard InChI is InChI=1S/C16H17N3O/c17-11-16-10-15(6-7-18-16)13-19(8-9-20)12-14-4-2-1-3-5-14/h1-7,10,20H,8-9,12-13H2. The number of aromatic nitrogens is 1. The highest BCUT2D eigenvalue weighted by atomic mass is 16.3. The molecule has 0 aliphatic carbocycles. The van der Waals surface area contributed by atoms with Crippen LogP contribution in [-0.2, 0) is 13.1 Å². The lowest BCUT2D eigenvalue weighted by Gasteiger charge is -2.21. The van der Waals surface area contributed by atoms with Crippen LogP contribution < -0.4 is 0 Å². The normalized spacial score (nSPS) is 10.4. The fraction of sp³-hybridized carbons (Fsp3) is 0.250. The zero-order valence-corrected chi connectivity index (χ0v) is 11.2. The summed E-state index contributed by atoms with van der Waals surface area (Å²) in [5, 5.41) is 18.1. The molecular weight excluding hydrogens is 250 g/mol. The van der Waals surface area contributed by atoms with Gasteiger partial charge in [0, 0.05) is 25.8 Å². The molecule has 0 radical (unpaired) electrons. The van der Waals surface area contributed by atoms with Crippen molar-refractivity contribution in [2.24, 2.45) is 0 Å². The predicted molar refractivity (Wildman–Crippen MR) is 76.6 cm³/mol. The number of nitrogens with zero attached hydrogens (tertiary/aromatic N) is 3. The van der Waals surface area contributed by atoms with Gasteiger partial charge in [-0.25, -0.2) is 4.98 Å². The van der Waals surface area contributed by atoms with Crippen LogP contribution in [0.25, 0.3) is 0 Å². The fourth-order valence-electron chi connectivity index (χ4n) is 2.09. The van der Waals surface area contributed by atoms with E-state index in [2.05, 4.69) is 22.0 Å². The summed E-state index contributed by atoms with van der Waals surface area (Å²) in [7, 11) is 0. The van der Waals surface area contributed by atoms with Crippen LogP contribution in [0.4, 0.5) is 0 Å². The smallest absolute Gasteiger partial charge is 0.140 e. The van der Waals surface area contributed by atoms with Gasteiger partial charge < -0.3 is 5.11 Å². The summed E-state index contributed by atoms with van der Waals surface area (Å²) in [6.07, 6.45) is 1.65. The maximum atomic E-state index is 9.19. The van der Waals surface area contributed by atoms with Crippen LogP contribution >= 0.6 is 0 Å². The lowest BCUT2D eigenvalue weighted by atomic mass is 10.2. The summed E-state index contributed by atoms with van der Waals surface area (Å²) in [5.41, 5.74) is 2.66. The van der Waals surface area contributed by atoms with Gasteiger partial charge >= 0.3 is 0 Å². The second-order valence-corrected chi connectivity index (χ2v) is 4.58. The molecule has 4 heteroatoms. The Hall–Kier alpha value is -2.22. The van der Waals surface area contributed by atoms with Gasteiger partial charge in [-0.3, -0.25) is 4.90 Å². The van der Waals surface area contributed by atoms with Gasteiger partial charge in [-0.15, -0.1) is 0 Å². The summed E-state index contributed by atoms with van der Waals surface area (Å²) in [6, 6.07) is 15.9. The van der Waals surface area contributed by atoms with Crippen molar-refractivity contribution in [1.82, 2.24) is 9.88 Å². The zero-order valence-electron chi connectivity index (χ0n) is 11.2. The van der Waals surface area contributed by atoms with Crippen molar-refractivity contribution in [1.29, 1.82) is 5.26 Å². The van der Waals surface area contributed by atoms with Crippen LogP contribution in [0.5, 0.6) is 0 Å². The van der Waals surface area contributed by atoms with E-state index in [1.165, 1.54) is 5.56 Å². The second kappa shape index (κ2) is 7.39. The highest BCUT2D eigenvalue weighted by Gasteiger charge is 2.07. The Labute approximate surface area is 118 Å². The quantitative estimate of drug-likeness (QED) is 0.869. The number of pyridine rings is 1. The van der Waals surface area contributed by atoms with Crippen LogP contribution in [0.15, 0.2) is 48.7 Å². The Morgan fingerprint density at radius 3 is 2.55 bits per heavy atom. The third kappa shape index (κ3) is 4.16. The maximum Gasteiger partial charge on any atom is 0.140 e. The molecule has 20 heavy (non-hydrogen) atoms. The first kappa shape index (κ1) is 14.2. The van der Waals surface area contributed by atoms with E-state index in [0.29, 0.717) is 18.8 Å². The lowest BCUT2D eigenvalue weighted by molar-refractivity contribution is 0.184. The average Bonchev–Trinajstić information content (AvgIpc) is 2.49. The molecule has 2 rings (SSSR count). The zero-order chi connectivity index (χ0) is 14.2. The first-order valence-corrected chi connectivity index (χ1v) is 6.54. The molecule has 0 saturated heterocycles. The number of rotatable bonds is 6. The van der Waals surface area contributed by atoms with E-state index in [4.69, 9.17) is 5.26 Å². The molecule has 0 amide bonds. The van der Waals surface area contributed by atoms with E-state index in [1.54, 1.807) is 12.3 Å². The van der Waals surface area contributed by atoms with Crippen molar-refractivity contribution in [3.63, 3.8) is 0 Å². The summed E-state index contributed by atoms with van der Waals surface area (Å²) < 4.78 is 0. The first-order valence-electron chi connectivity index (χ1n) is 6.54. The largest absolute Gasteiger partial charge is 0.395 e. The number of hydrogen-bond acceptors (Lipinski definition) is 4. The van der Waals surface area contributed by atoms with Gasteiger partial charge in [-0.05, 0) is 23.3 Å². The molecule has 0 aliphatic heterocycles. The van der Waals surface area contributed by atoms with Crippen molar-refractivity contribution in [2.45, 2.75) is 13.1 Å². The van der Waals surface area contributed by atoms with Gasteiger partial charge in [-0.1, -0.05) is 30.3 Å². The Morgan fingerprint density at radius 1 is 1.10 bits per heavy atom. The minimum Gasteiger partial charge on any atom is -0.395 e. The number of hydrogen-bond donors (Lipinski definition) is 1. The number of nitriles is 1. The molecule has 0 atom stereocenters. The van der Waals surface area contributed by atoms with Crippen LogP contribution in [-0.4, -0.2) is 28.1 Å². The van der Waals surface area contributed by atoms with Gasteiger partial charge in [-0.2, -0.15) is 5.26 Å². The van der Waals surface area contributed by atoms with Gasteiger partial charge in [0.2, 0.25) is 0 Å². The topological polar surface area (TPSA) is 60.2 Å². The lowest BCUT2D eigenvalue weighted by Crippen LogP contribution is -2.26. The second-order valence-electron chi connectivity index (χ2n) is 4.58. The van der Waals surface area contributed by atoms with E-state index in [0.717, 1.165) is 12.1 Å². The van der Waals surface area contributed by atoms with E-state index >= 15 is 0 Å². The molecule has 0 saturated carbocycles. The first-order chi connectivity index (χ1) is 9.81. The van der Waals surface area contributed by atoms with E-state index < -0.39 is 0 Å². The SMILES string of the molecule is N#Cc1cc(CN(CCO)Cc2ccccc2)ccn1. The van der Waals surface area contributed by atoms with Gasteiger partial charge in [0.1, 0.15) is 11.8 Å². The van der Waals surface area contributed by atoms with Crippen LogP contribution in [0.1, 0.15) is 16.8 Å². The molecule has 4 nitrogen and oxygen atoms in total. The van der Waals surface area contributed by atoms with E-state index in [1.807, 2.05) is 30.3 Å². The molecule has 1 N–H and O–H groups in total. The molecule has 0 bridgehead atoms. The Bertz CT molecular complexity index is 578. The highest BCUT2D eigenvalue weighted by Crippen LogP contribution is 2.10. The summed E-state index contributed by atoms with van der Waals surface area (Å²) in [4.78, 5) is 6.11. The Balaban J connectivity index is 2.07. The summed E-state index contributed by atoms with van der Waals surface area (Å²) in [5.74, 6) is 0. The summed E-state index contributed by atoms with van der Waals surface area (Å²) >= 11 is 0. The minimum atomic E-state index is 0.114. The van der Waals surface area contributed by atoms with Crippen molar-refractivity contribution >= 4 is 0 Å². The molecule has 1 heterocycles. The molecule has 0 unspecified atom stereocenters. The number of benzene rings is 1. The maximum absolute atomic E-state index is 9.19. The van der Waals surface area contributed by atoms with Crippen molar-refractivity contribution in [3.8, 4) is 6.07 Å². The number of aliphatic hydroxyl groups is 1. The van der Waals surface area contributed by atoms with E-state index in [-0.39, 0.29) is 6.61 Å². The van der Waals surface area contributed by atoms with Gasteiger partial charge in [0.15, 0.2) is 0 Å². The Morgan fingerprint density at radius 2 is 1.85 bits per heavy atom. The molecule has 2 aromatic rings. The minimum absolute atomic E-state index is 0.114. The van der Waals surface area contributed by atoms with Gasteiger partial charge in [0.25, 0.3) is 0 Å². The molecule has 102 valence electrons. The predicted octanol–water partition coefficient (Wildman–Crippen LogP) is 1.95. The van der Waals surface area contributed by atoms with E-state index in [9.17, 15) is 5.11 Å². The van der Waals surface area contributed by atoms with Gasteiger partial charge in [0.05, 0.1) is 6.61 Å². The fourth-order valence-corrected chi connectivity index (χ4v) is 2.09. The third-order valence-corrected chi connectivity index (χ3v) is 3.01. The Kier molecular flexibility index (Phi) is 5.24. The molecular formula is C16H17N3O. The monoisotopic (exact) mass is 267 g/mol.